The Kier molecular flexibility index (Phi) is 6.19. The number of methoxy groups -OCH3 is 2. The molecule has 3 aromatic rings. The molecule has 1 N–H and O–H groups in total. The molecule has 1 aromatic heterocycles. The fourth-order valence-electron chi connectivity index (χ4n) is 2.75. The van der Waals surface area contributed by atoms with Gasteiger partial charge < -0.3 is 19.2 Å². The van der Waals surface area contributed by atoms with Crippen LogP contribution in [0.4, 0.5) is 0 Å². The number of amides is 1. The van der Waals surface area contributed by atoms with Crippen molar-refractivity contribution < 1.29 is 18.7 Å². The van der Waals surface area contributed by atoms with Gasteiger partial charge in [-0.2, -0.15) is 0 Å². The molecule has 0 saturated carbocycles. The third kappa shape index (κ3) is 4.92. The molecule has 140 valence electrons. The van der Waals surface area contributed by atoms with Crippen molar-refractivity contribution in [1.29, 1.82) is 0 Å². The minimum Gasteiger partial charge on any atom is -0.497 e. The summed E-state index contributed by atoms with van der Waals surface area (Å²) >= 11 is 3.22. The third-order valence-corrected chi connectivity index (χ3v) is 4.65. The number of carbonyl (C=O) groups is 1. The summed E-state index contributed by atoms with van der Waals surface area (Å²) in [6.45, 7) is 0. The molecule has 0 radical (unpaired) electrons. The topological polar surface area (TPSA) is 60.7 Å². The van der Waals surface area contributed by atoms with Gasteiger partial charge in [0.25, 0.3) is 5.91 Å². The van der Waals surface area contributed by atoms with Crippen LogP contribution in [0.25, 0.3) is 0 Å². The Labute approximate surface area is 166 Å². The van der Waals surface area contributed by atoms with Gasteiger partial charge in [-0.05, 0) is 69.9 Å². The molecule has 0 aliphatic rings. The molecule has 0 unspecified atom stereocenters. The normalized spacial score (nSPS) is 11.7. The van der Waals surface area contributed by atoms with Crippen molar-refractivity contribution in [3.05, 3.63) is 82.2 Å². The molecule has 1 amide bonds. The second kappa shape index (κ2) is 8.77. The van der Waals surface area contributed by atoms with Gasteiger partial charge >= 0.3 is 0 Å². The summed E-state index contributed by atoms with van der Waals surface area (Å²) in [4.78, 5) is 12.6. The smallest absolute Gasteiger partial charge is 0.287 e. The second-order valence-corrected chi connectivity index (χ2v) is 6.74. The summed E-state index contributed by atoms with van der Waals surface area (Å²) in [7, 11) is 3.26. The molecule has 0 aliphatic carbocycles. The minimum absolute atomic E-state index is 0.222. The van der Waals surface area contributed by atoms with Gasteiger partial charge in [0.15, 0.2) is 10.4 Å². The van der Waals surface area contributed by atoms with E-state index < -0.39 is 0 Å². The summed E-state index contributed by atoms with van der Waals surface area (Å²) in [5, 5.41) is 3.05. The van der Waals surface area contributed by atoms with E-state index in [4.69, 9.17) is 13.9 Å². The number of halogens is 1. The van der Waals surface area contributed by atoms with E-state index in [-0.39, 0.29) is 17.7 Å². The van der Waals surface area contributed by atoms with Crippen molar-refractivity contribution in [2.45, 2.75) is 12.5 Å². The predicted octanol–water partition coefficient (Wildman–Crippen LogP) is 4.77. The maximum atomic E-state index is 12.6. The zero-order chi connectivity index (χ0) is 19.2. The fraction of sp³-hybridized carbons (Fsp3) is 0.190. The summed E-state index contributed by atoms with van der Waals surface area (Å²) in [6.07, 6.45) is 0.629. The number of hydrogen-bond donors (Lipinski definition) is 1. The molecule has 27 heavy (non-hydrogen) atoms. The zero-order valence-electron chi connectivity index (χ0n) is 15.1. The van der Waals surface area contributed by atoms with E-state index in [9.17, 15) is 4.79 Å². The number of ether oxygens (including phenoxy) is 2. The lowest BCUT2D eigenvalue weighted by atomic mass is 9.98. The Bertz CT molecular complexity index is 887. The van der Waals surface area contributed by atoms with Crippen LogP contribution in [0, 0.1) is 0 Å². The molecule has 0 saturated heterocycles. The summed E-state index contributed by atoms with van der Waals surface area (Å²) < 4.78 is 16.3. The van der Waals surface area contributed by atoms with E-state index in [0.717, 1.165) is 22.6 Å². The van der Waals surface area contributed by atoms with Crippen LogP contribution in [-0.4, -0.2) is 20.1 Å². The Morgan fingerprint density at radius 1 is 0.963 bits per heavy atom. The Balaban J connectivity index is 1.83. The van der Waals surface area contributed by atoms with Crippen LogP contribution < -0.4 is 14.8 Å². The number of nitrogens with one attached hydrogen (secondary N) is 1. The monoisotopic (exact) mass is 429 g/mol. The van der Waals surface area contributed by atoms with Crippen molar-refractivity contribution >= 4 is 21.8 Å². The lowest BCUT2D eigenvalue weighted by Gasteiger charge is -2.19. The molecular formula is C21H20BrNO4. The highest BCUT2D eigenvalue weighted by atomic mass is 79.9. The Morgan fingerprint density at radius 3 is 2.07 bits per heavy atom. The van der Waals surface area contributed by atoms with E-state index in [0.29, 0.717) is 11.1 Å². The maximum Gasteiger partial charge on any atom is 0.287 e. The van der Waals surface area contributed by atoms with Crippen LogP contribution in [0.15, 0.2) is 69.8 Å². The summed E-state index contributed by atoms with van der Waals surface area (Å²) in [5.41, 5.74) is 2.06. The molecule has 1 atom stereocenters. The second-order valence-electron chi connectivity index (χ2n) is 5.96. The maximum absolute atomic E-state index is 12.6. The van der Waals surface area contributed by atoms with Crippen LogP contribution in [0.3, 0.4) is 0 Å². The molecule has 0 bridgehead atoms. The molecule has 0 fully saturated rings. The minimum atomic E-state index is -0.268. The van der Waals surface area contributed by atoms with Crippen molar-refractivity contribution in [3.8, 4) is 11.5 Å². The standard InChI is InChI=1S/C21H20BrNO4/c1-25-16-7-3-14(4-8-16)13-18(15-5-9-17(26-2)10-6-15)23-21(24)19-11-12-20(22)27-19/h3-12,18H,13H2,1-2H3,(H,23,24)/t18-/m0/s1. The highest BCUT2D eigenvalue weighted by Crippen LogP contribution is 2.24. The fourth-order valence-corrected chi connectivity index (χ4v) is 3.06. The lowest BCUT2D eigenvalue weighted by molar-refractivity contribution is 0.0907. The van der Waals surface area contributed by atoms with Crippen LogP contribution in [0.1, 0.15) is 27.7 Å². The van der Waals surface area contributed by atoms with Gasteiger partial charge in [-0.15, -0.1) is 0 Å². The van der Waals surface area contributed by atoms with Crippen LogP contribution in [-0.2, 0) is 6.42 Å². The van der Waals surface area contributed by atoms with Gasteiger partial charge in [0.1, 0.15) is 11.5 Å². The first kappa shape index (κ1) is 19.0. The highest BCUT2D eigenvalue weighted by molar-refractivity contribution is 9.10. The molecule has 3 rings (SSSR count). The largest absolute Gasteiger partial charge is 0.497 e. The highest BCUT2D eigenvalue weighted by Gasteiger charge is 2.19. The van der Waals surface area contributed by atoms with Crippen molar-refractivity contribution in [3.63, 3.8) is 0 Å². The summed E-state index contributed by atoms with van der Waals surface area (Å²) in [5.74, 6) is 1.55. The lowest BCUT2D eigenvalue weighted by Crippen LogP contribution is -2.29. The Morgan fingerprint density at radius 2 is 1.56 bits per heavy atom. The Hall–Kier alpha value is -2.73. The number of rotatable bonds is 7. The molecule has 5 nitrogen and oxygen atoms in total. The zero-order valence-corrected chi connectivity index (χ0v) is 16.7. The van der Waals surface area contributed by atoms with E-state index in [2.05, 4.69) is 21.2 Å². The quantitative estimate of drug-likeness (QED) is 0.587. The van der Waals surface area contributed by atoms with Gasteiger partial charge in [0, 0.05) is 0 Å². The molecule has 2 aromatic carbocycles. The van der Waals surface area contributed by atoms with Gasteiger partial charge in [0.2, 0.25) is 0 Å². The van der Waals surface area contributed by atoms with Gasteiger partial charge in [-0.25, -0.2) is 0 Å². The first-order chi connectivity index (χ1) is 13.1. The average molecular weight is 430 g/mol. The van der Waals surface area contributed by atoms with Crippen LogP contribution >= 0.6 is 15.9 Å². The first-order valence-corrected chi connectivity index (χ1v) is 9.21. The van der Waals surface area contributed by atoms with E-state index in [1.165, 1.54) is 0 Å². The average Bonchev–Trinajstić information content (AvgIpc) is 3.14. The molecule has 0 spiro atoms. The summed E-state index contributed by atoms with van der Waals surface area (Å²) in [6, 6.07) is 18.6. The van der Waals surface area contributed by atoms with Crippen molar-refractivity contribution in [2.24, 2.45) is 0 Å². The van der Waals surface area contributed by atoms with Crippen LogP contribution in [0.2, 0.25) is 0 Å². The molecule has 6 heteroatoms. The number of carbonyl (C=O) groups excluding carboxylic acids is 1. The number of hydrogen-bond acceptors (Lipinski definition) is 4. The van der Waals surface area contributed by atoms with Gasteiger partial charge in [-0.3, -0.25) is 4.79 Å². The molecule has 1 heterocycles. The van der Waals surface area contributed by atoms with Gasteiger partial charge in [-0.1, -0.05) is 24.3 Å². The third-order valence-electron chi connectivity index (χ3n) is 4.22. The number of benzene rings is 2. The molecule has 0 aliphatic heterocycles. The van der Waals surface area contributed by atoms with Crippen molar-refractivity contribution in [2.75, 3.05) is 14.2 Å². The van der Waals surface area contributed by atoms with Crippen LogP contribution in [0.5, 0.6) is 11.5 Å². The van der Waals surface area contributed by atoms with Crippen molar-refractivity contribution in [1.82, 2.24) is 5.32 Å². The molecular weight excluding hydrogens is 410 g/mol. The van der Waals surface area contributed by atoms with E-state index in [1.54, 1.807) is 26.4 Å². The van der Waals surface area contributed by atoms with E-state index >= 15 is 0 Å². The first-order valence-electron chi connectivity index (χ1n) is 8.42. The van der Waals surface area contributed by atoms with Gasteiger partial charge in [0.05, 0.1) is 20.3 Å². The predicted molar refractivity (Wildman–Crippen MR) is 106 cm³/mol. The number of furan rings is 1. The van der Waals surface area contributed by atoms with E-state index in [1.807, 2.05) is 48.5 Å². The SMILES string of the molecule is COc1ccc(C[C@H](NC(=O)c2ccc(Br)o2)c2ccc(OC)cc2)cc1.